The number of ether oxygens (including phenoxy) is 3. The molecule has 3 rings (SSSR count). The molecular weight excluding hydrogens is 438 g/mol. The van der Waals surface area contributed by atoms with Gasteiger partial charge in [-0.2, -0.15) is 0 Å². The fourth-order valence-corrected chi connectivity index (χ4v) is 3.27. The molecule has 0 N–H and O–H groups in total. The van der Waals surface area contributed by atoms with Crippen LogP contribution in [-0.2, 0) is 0 Å². The number of hydrogen-bond donors (Lipinski definition) is 0. The zero-order chi connectivity index (χ0) is 24.9. The first-order valence-corrected chi connectivity index (χ1v) is 12.4. The van der Waals surface area contributed by atoms with E-state index in [1.165, 1.54) is 19.3 Å². The van der Waals surface area contributed by atoms with E-state index in [-0.39, 0.29) is 6.10 Å². The number of hydrogen-bond acceptors (Lipinski definition) is 5. The molecule has 5 nitrogen and oxygen atoms in total. The molecule has 0 radical (unpaired) electrons. The molecular formula is C30H35NO4. The summed E-state index contributed by atoms with van der Waals surface area (Å²) in [6.45, 7) is 7.03. The van der Waals surface area contributed by atoms with Gasteiger partial charge in [-0.05, 0) is 98.1 Å². The molecule has 3 aromatic carbocycles. The number of nitrogens with zero attached hydrogens (tertiary/aromatic N) is 1. The predicted octanol–water partition coefficient (Wildman–Crippen LogP) is 7.79. The Hall–Kier alpha value is -3.60. The normalized spacial score (nSPS) is 11.9. The lowest BCUT2D eigenvalue weighted by atomic mass is 10.2. The van der Waals surface area contributed by atoms with Gasteiger partial charge < -0.3 is 14.2 Å². The fraction of sp³-hybridized carbons (Fsp3) is 0.333. The molecule has 0 aliphatic carbocycles. The number of unbranched alkanes of at least 4 members (excludes halogenated alkanes) is 3. The summed E-state index contributed by atoms with van der Waals surface area (Å²) in [5.41, 5.74) is 2.23. The SMILES string of the molecule is CCCCCCOc1ccc(C(=O)Oc2ccc(C=Nc3ccc(O[C@@H](C)CC)cc3)cc2)cc1. The van der Waals surface area contributed by atoms with E-state index in [0.29, 0.717) is 17.9 Å². The number of rotatable bonds is 13. The maximum absolute atomic E-state index is 12.5. The molecule has 0 amide bonds. The fourth-order valence-electron chi connectivity index (χ4n) is 3.27. The van der Waals surface area contributed by atoms with Crippen LogP contribution in [0.5, 0.6) is 17.2 Å². The summed E-state index contributed by atoms with van der Waals surface area (Å²) >= 11 is 0. The molecule has 0 heterocycles. The second-order valence-electron chi connectivity index (χ2n) is 8.48. The van der Waals surface area contributed by atoms with Crippen LogP contribution in [0.4, 0.5) is 5.69 Å². The van der Waals surface area contributed by atoms with Crippen LogP contribution in [0.2, 0.25) is 0 Å². The summed E-state index contributed by atoms with van der Waals surface area (Å²) in [6.07, 6.45) is 7.57. The summed E-state index contributed by atoms with van der Waals surface area (Å²) < 4.78 is 17.0. The number of esters is 1. The second-order valence-corrected chi connectivity index (χ2v) is 8.48. The van der Waals surface area contributed by atoms with Crippen molar-refractivity contribution in [3.8, 4) is 17.2 Å². The molecule has 0 fully saturated rings. The average Bonchev–Trinajstić information content (AvgIpc) is 2.89. The number of carbonyl (C=O) groups is 1. The molecule has 0 aliphatic rings. The Morgan fingerprint density at radius 1 is 0.829 bits per heavy atom. The van der Waals surface area contributed by atoms with Crippen molar-refractivity contribution in [1.29, 1.82) is 0 Å². The standard InChI is InChI=1S/C30H35NO4/c1-4-6-7-8-21-33-27-17-11-25(12-18-27)30(32)35-29-15-9-24(10-16-29)22-31-26-13-19-28(20-14-26)34-23(3)5-2/h9-20,22-23H,4-8,21H2,1-3H3/t23-/m0/s1. The Morgan fingerprint density at radius 3 is 2.14 bits per heavy atom. The molecule has 0 aromatic heterocycles. The van der Waals surface area contributed by atoms with Crippen molar-refractivity contribution in [2.75, 3.05) is 6.61 Å². The Morgan fingerprint density at radius 2 is 1.49 bits per heavy atom. The van der Waals surface area contributed by atoms with Crippen LogP contribution in [-0.4, -0.2) is 24.9 Å². The number of aliphatic imine (C=N–C) groups is 1. The smallest absolute Gasteiger partial charge is 0.343 e. The third kappa shape index (κ3) is 8.93. The van der Waals surface area contributed by atoms with Crippen molar-refractivity contribution in [3.05, 3.63) is 83.9 Å². The van der Waals surface area contributed by atoms with Crippen LogP contribution < -0.4 is 14.2 Å². The van der Waals surface area contributed by atoms with E-state index >= 15 is 0 Å². The minimum Gasteiger partial charge on any atom is -0.494 e. The van der Waals surface area contributed by atoms with Gasteiger partial charge in [0.15, 0.2) is 0 Å². The minimum absolute atomic E-state index is 0.190. The molecule has 0 aliphatic heterocycles. The number of benzene rings is 3. The van der Waals surface area contributed by atoms with Crippen LogP contribution in [0.3, 0.4) is 0 Å². The van der Waals surface area contributed by atoms with Gasteiger partial charge in [-0.25, -0.2) is 4.79 Å². The van der Waals surface area contributed by atoms with E-state index in [0.717, 1.165) is 35.6 Å². The second kappa shape index (κ2) is 14.0. The lowest BCUT2D eigenvalue weighted by molar-refractivity contribution is 0.0734. The average molecular weight is 474 g/mol. The van der Waals surface area contributed by atoms with E-state index < -0.39 is 5.97 Å². The quantitative estimate of drug-likeness (QED) is 0.110. The van der Waals surface area contributed by atoms with Crippen LogP contribution in [0, 0.1) is 0 Å². The summed E-state index contributed by atoms with van der Waals surface area (Å²) in [5.74, 6) is 1.68. The Labute approximate surface area is 208 Å². The van der Waals surface area contributed by atoms with Gasteiger partial charge in [0, 0.05) is 6.21 Å². The third-order valence-corrected chi connectivity index (χ3v) is 5.56. The van der Waals surface area contributed by atoms with Gasteiger partial charge in [-0.15, -0.1) is 0 Å². The summed E-state index contributed by atoms with van der Waals surface area (Å²) in [7, 11) is 0. The molecule has 3 aromatic rings. The van der Waals surface area contributed by atoms with Crippen LogP contribution in [0.25, 0.3) is 0 Å². The molecule has 0 spiro atoms. The monoisotopic (exact) mass is 473 g/mol. The molecule has 0 saturated heterocycles. The zero-order valence-electron chi connectivity index (χ0n) is 20.9. The van der Waals surface area contributed by atoms with Crippen LogP contribution in [0.1, 0.15) is 68.8 Å². The maximum Gasteiger partial charge on any atom is 0.343 e. The molecule has 35 heavy (non-hydrogen) atoms. The highest BCUT2D eigenvalue weighted by Crippen LogP contribution is 2.20. The topological polar surface area (TPSA) is 57.1 Å². The first kappa shape index (κ1) is 26.0. The molecule has 0 saturated carbocycles. The van der Waals surface area contributed by atoms with Gasteiger partial charge in [0.1, 0.15) is 17.2 Å². The summed E-state index contributed by atoms with van der Waals surface area (Å²) in [5, 5.41) is 0. The third-order valence-electron chi connectivity index (χ3n) is 5.56. The highest BCUT2D eigenvalue weighted by Gasteiger charge is 2.09. The lowest BCUT2D eigenvalue weighted by Crippen LogP contribution is -2.09. The predicted molar refractivity (Wildman–Crippen MR) is 142 cm³/mol. The first-order chi connectivity index (χ1) is 17.1. The van der Waals surface area contributed by atoms with Crippen molar-refractivity contribution < 1.29 is 19.0 Å². The zero-order valence-corrected chi connectivity index (χ0v) is 20.9. The molecule has 184 valence electrons. The van der Waals surface area contributed by atoms with Gasteiger partial charge in [-0.1, -0.05) is 33.1 Å². The van der Waals surface area contributed by atoms with E-state index in [2.05, 4.69) is 25.8 Å². The summed E-state index contributed by atoms with van der Waals surface area (Å²) in [4.78, 5) is 17.0. The van der Waals surface area contributed by atoms with Crippen LogP contribution in [0.15, 0.2) is 77.8 Å². The first-order valence-electron chi connectivity index (χ1n) is 12.4. The van der Waals surface area contributed by atoms with Crippen molar-refractivity contribution >= 4 is 17.9 Å². The highest BCUT2D eigenvalue weighted by molar-refractivity contribution is 5.91. The van der Waals surface area contributed by atoms with Crippen molar-refractivity contribution in [2.45, 2.75) is 59.0 Å². The van der Waals surface area contributed by atoms with Crippen molar-refractivity contribution in [1.82, 2.24) is 0 Å². The van der Waals surface area contributed by atoms with Crippen LogP contribution >= 0.6 is 0 Å². The Bertz CT molecular complexity index is 1060. The minimum atomic E-state index is -0.402. The van der Waals surface area contributed by atoms with E-state index in [1.54, 1.807) is 42.6 Å². The van der Waals surface area contributed by atoms with E-state index in [9.17, 15) is 4.79 Å². The molecule has 1 atom stereocenters. The Kier molecular flexibility index (Phi) is 10.4. The van der Waals surface area contributed by atoms with Gasteiger partial charge >= 0.3 is 5.97 Å². The lowest BCUT2D eigenvalue weighted by Gasteiger charge is -2.12. The highest BCUT2D eigenvalue weighted by atomic mass is 16.5. The van der Waals surface area contributed by atoms with E-state index in [4.69, 9.17) is 14.2 Å². The maximum atomic E-state index is 12.5. The van der Waals surface area contributed by atoms with Gasteiger partial charge in [-0.3, -0.25) is 4.99 Å². The number of carbonyl (C=O) groups excluding carboxylic acids is 1. The van der Waals surface area contributed by atoms with Crippen molar-refractivity contribution in [3.63, 3.8) is 0 Å². The van der Waals surface area contributed by atoms with E-state index in [1.807, 2.05) is 36.4 Å². The largest absolute Gasteiger partial charge is 0.494 e. The van der Waals surface area contributed by atoms with Gasteiger partial charge in [0.2, 0.25) is 0 Å². The molecule has 0 unspecified atom stereocenters. The molecule has 0 bridgehead atoms. The van der Waals surface area contributed by atoms with Gasteiger partial charge in [0.05, 0.1) is 24.0 Å². The van der Waals surface area contributed by atoms with Gasteiger partial charge in [0.25, 0.3) is 0 Å². The molecule has 5 heteroatoms. The van der Waals surface area contributed by atoms with Crippen molar-refractivity contribution in [2.24, 2.45) is 4.99 Å². The Balaban J connectivity index is 1.48. The summed E-state index contributed by atoms with van der Waals surface area (Å²) in [6, 6.07) is 22.0.